The van der Waals surface area contributed by atoms with Crippen LogP contribution in [0.1, 0.15) is 13.3 Å². The standard InChI is InChI=1S/C6H12N6O2/c1-4(10-12-6(8)14)2-3-9-11-5(7)13/h3H,2H2,1H3,(H3,7,11,13)(H3,8,12,14)/b9-3?,10-4+. The van der Waals surface area contributed by atoms with Gasteiger partial charge in [-0.15, -0.1) is 0 Å². The molecular weight excluding hydrogens is 188 g/mol. The van der Waals surface area contributed by atoms with Crippen molar-refractivity contribution in [2.24, 2.45) is 21.7 Å². The second-order valence-electron chi connectivity index (χ2n) is 2.31. The van der Waals surface area contributed by atoms with Gasteiger partial charge in [0, 0.05) is 18.3 Å². The lowest BCUT2D eigenvalue weighted by Crippen LogP contribution is -2.25. The molecule has 0 aliphatic heterocycles. The summed E-state index contributed by atoms with van der Waals surface area (Å²) in [6, 6.07) is -1.48. The predicted molar refractivity (Wildman–Crippen MR) is 51.7 cm³/mol. The maximum absolute atomic E-state index is 10.2. The summed E-state index contributed by atoms with van der Waals surface area (Å²) in [7, 11) is 0. The van der Waals surface area contributed by atoms with E-state index in [1.165, 1.54) is 6.21 Å². The number of hydrogen-bond acceptors (Lipinski definition) is 4. The van der Waals surface area contributed by atoms with E-state index in [-0.39, 0.29) is 0 Å². The van der Waals surface area contributed by atoms with Crippen LogP contribution in [0.2, 0.25) is 0 Å². The number of rotatable bonds is 4. The third kappa shape index (κ3) is 7.98. The van der Waals surface area contributed by atoms with Gasteiger partial charge in [0.2, 0.25) is 0 Å². The van der Waals surface area contributed by atoms with Gasteiger partial charge in [0.05, 0.1) is 0 Å². The van der Waals surface area contributed by atoms with Crippen molar-refractivity contribution in [2.75, 3.05) is 0 Å². The van der Waals surface area contributed by atoms with Gasteiger partial charge in [0.1, 0.15) is 0 Å². The Balaban J connectivity index is 3.77. The summed E-state index contributed by atoms with van der Waals surface area (Å²) in [5, 5.41) is 7.06. The van der Waals surface area contributed by atoms with Crippen LogP contribution in [-0.4, -0.2) is 24.0 Å². The van der Waals surface area contributed by atoms with Crippen LogP contribution in [0.4, 0.5) is 9.59 Å². The van der Waals surface area contributed by atoms with Crippen LogP contribution in [0.25, 0.3) is 0 Å². The normalized spacial score (nSPS) is 11.4. The molecule has 0 unspecified atom stereocenters. The number of primary amides is 2. The molecule has 0 spiro atoms. The van der Waals surface area contributed by atoms with Crippen molar-refractivity contribution in [3.8, 4) is 0 Å². The number of urea groups is 2. The summed E-state index contributed by atoms with van der Waals surface area (Å²) in [6.07, 6.45) is 1.74. The molecule has 14 heavy (non-hydrogen) atoms. The summed E-state index contributed by atoms with van der Waals surface area (Å²) >= 11 is 0. The average molecular weight is 200 g/mol. The van der Waals surface area contributed by atoms with Gasteiger partial charge in [-0.2, -0.15) is 10.2 Å². The molecular formula is C6H12N6O2. The molecule has 0 aromatic rings. The van der Waals surface area contributed by atoms with Crippen LogP contribution >= 0.6 is 0 Å². The van der Waals surface area contributed by atoms with E-state index in [1.807, 2.05) is 10.9 Å². The second-order valence-corrected chi connectivity index (χ2v) is 2.31. The number of nitrogens with two attached hydrogens (primary N) is 2. The predicted octanol–water partition coefficient (Wildman–Crippen LogP) is -0.925. The van der Waals surface area contributed by atoms with E-state index >= 15 is 0 Å². The third-order valence-electron chi connectivity index (χ3n) is 1.01. The molecule has 0 heterocycles. The maximum atomic E-state index is 10.2. The summed E-state index contributed by atoms with van der Waals surface area (Å²) < 4.78 is 0. The van der Waals surface area contributed by atoms with Crippen molar-refractivity contribution in [2.45, 2.75) is 13.3 Å². The Labute approximate surface area is 80.4 Å². The first-order valence-corrected chi connectivity index (χ1v) is 3.68. The molecule has 0 aromatic heterocycles. The zero-order valence-corrected chi connectivity index (χ0v) is 7.65. The molecule has 0 saturated carbocycles. The topological polar surface area (TPSA) is 135 Å². The van der Waals surface area contributed by atoms with Gasteiger partial charge in [0.15, 0.2) is 0 Å². The Hall–Kier alpha value is -2.12. The van der Waals surface area contributed by atoms with E-state index in [0.29, 0.717) is 12.1 Å². The number of carbonyl (C=O) groups is 2. The van der Waals surface area contributed by atoms with E-state index < -0.39 is 12.1 Å². The van der Waals surface area contributed by atoms with E-state index in [4.69, 9.17) is 11.5 Å². The van der Waals surface area contributed by atoms with Crippen molar-refractivity contribution in [3.05, 3.63) is 0 Å². The minimum atomic E-state index is -0.744. The number of carbonyl (C=O) groups excluding carboxylic acids is 2. The van der Waals surface area contributed by atoms with Crippen molar-refractivity contribution in [1.29, 1.82) is 0 Å². The Morgan fingerprint density at radius 3 is 2.36 bits per heavy atom. The molecule has 0 atom stereocenters. The van der Waals surface area contributed by atoms with Gasteiger partial charge >= 0.3 is 12.1 Å². The average Bonchev–Trinajstić information content (AvgIpc) is 2.08. The van der Waals surface area contributed by atoms with Crippen LogP contribution in [0.3, 0.4) is 0 Å². The molecule has 0 rings (SSSR count). The van der Waals surface area contributed by atoms with Crippen molar-refractivity contribution in [1.82, 2.24) is 10.9 Å². The molecule has 0 fully saturated rings. The van der Waals surface area contributed by atoms with Gasteiger partial charge in [-0.05, 0) is 6.92 Å². The van der Waals surface area contributed by atoms with Crippen molar-refractivity contribution < 1.29 is 9.59 Å². The van der Waals surface area contributed by atoms with Crippen molar-refractivity contribution in [3.63, 3.8) is 0 Å². The van der Waals surface area contributed by atoms with E-state index in [1.54, 1.807) is 6.92 Å². The highest BCUT2D eigenvalue weighted by atomic mass is 16.2. The first kappa shape index (κ1) is 11.9. The summed E-state index contributed by atoms with van der Waals surface area (Å²) in [5.41, 5.74) is 14.1. The van der Waals surface area contributed by atoms with Gasteiger partial charge < -0.3 is 11.5 Å². The van der Waals surface area contributed by atoms with E-state index in [2.05, 4.69) is 10.2 Å². The van der Waals surface area contributed by atoms with Gasteiger partial charge in [-0.25, -0.2) is 20.4 Å². The van der Waals surface area contributed by atoms with Crippen molar-refractivity contribution >= 4 is 24.0 Å². The number of nitrogens with one attached hydrogen (secondary N) is 2. The van der Waals surface area contributed by atoms with Gasteiger partial charge in [-0.1, -0.05) is 0 Å². The highest BCUT2D eigenvalue weighted by Crippen LogP contribution is 1.80. The number of hydrazone groups is 2. The lowest BCUT2D eigenvalue weighted by atomic mass is 10.3. The van der Waals surface area contributed by atoms with Crippen LogP contribution in [0.5, 0.6) is 0 Å². The summed E-state index contributed by atoms with van der Waals surface area (Å²) in [4.78, 5) is 20.4. The first-order valence-electron chi connectivity index (χ1n) is 3.68. The Bertz CT molecular complexity index is 271. The lowest BCUT2D eigenvalue weighted by molar-refractivity contribution is 0.248. The highest BCUT2D eigenvalue weighted by Gasteiger charge is 1.90. The largest absolute Gasteiger partial charge is 0.350 e. The monoisotopic (exact) mass is 200 g/mol. The fraction of sp³-hybridized carbons (Fsp3) is 0.333. The molecule has 6 N–H and O–H groups in total. The van der Waals surface area contributed by atoms with Crippen LogP contribution < -0.4 is 22.3 Å². The first-order chi connectivity index (χ1) is 6.52. The quantitative estimate of drug-likeness (QED) is 0.344. The van der Waals surface area contributed by atoms with E-state index in [0.717, 1.165) is 0 Å². The fourth-order valence-corrected chi connectivity index (χ4v) is 0.483. The van der Waals surface area contributed by atoms with Gasteiger partial charge in [0.25, 0.3) is 0 Å². The molecule has 8 heteroatoms. The maximum Gasteiger partial charge on any atom is 0.332 e. The summed E-state index contributed by atoms with van der Waals surface area (Å²) in [6.45, 7) is 1.66. The molecule has 0 radical (unpaired) electrons. The minimum Gasteiger partial charge on any atom is -0.350 e. The Kier molecular flexibility index (Phi) is 5.43. The molecule has 0 aromatic carbocycles. The zero-order chi connectivity index (χ0) is 11.0. The number of hydrogen-bond donors (Lipinski definition) is 4. The molecule has 4 amide bonds. The molecule has 0 saturated heterocycles. The SMILES string of the molecule is C/C(CC=NNC(N)=O)=N\NC(N)=O. The molecule has 0 aliphatic carbocycles. The number of nitrogens with zero attached hydrogens (tertiary/aromatic N) is 2. The van der Waals surface area contributed by atoms with Crippen LogP contribution in [0, 0.1) is 0 Å². The number of amides is 4. The Morgan fingerprint density at radius 1 is 1.29 bits per heavy atom. The molecule has 0 aliphatic rings. The minimum absolute atomic E-state index is 0.362. The summed E-state index contributed by atoms with van der Waals surface area (Å²) in [5.74, 6) is 0. The fourth-order valence-electron chi connectivity index (χ4n) is 0.483. The smallest absolute Gasteiger partial charge is 0.332 e. The molecule has 0 bridgehead atoms. The van der Waals surface area contributed by atoms with Gasteiger partial charge in [-0.3, -0.25) is 0 Å². The molecule has 8 nitrogen and oxygen atoms in total. The lowest BCUT2D eigenvalue weighted by Gasteiger charge is -1.95. The van der Waals surface area contributed by atoms with E-state index in [9.17, 15) is 9.59 Å². The molecule has 78 valence electrons. The Morgan fingerprint density at radius 2 is 1.86 bits per heavy atom. The highest BCUT2D eigenvalue weighted by molar-refractivity contribution is 5.94. The second kappa shape index (κ2) is 6.40. The van der Waals surface area contributed by atoms with Crippen LogP contribution in [-0.2, 0) is 0 Å². The van der Waals surface area contributed by atoms with Crippen LogP contribution in [0.15, 0.2) is 10.2 Å². The zero-order valence-electron chi connectivity index (χ0n) is 7.65. The third-order valence-corrected chi connectivity index (χ3v) is 1.01.